The molecule has 5 heterocycles. The molecule has 188 valence electrons. The van der Waals surface area contributed by atoms with Crippen LogP contribution in [0, 0.1) is 5.92 Å². The minimum atomic E-state index is -2.31. The van der Waals surface area contributed by atoms with Crippen LogP contribution in [0.4, 0.5) is 20.5 Å². The van der Waals surface area contributed by atoms with Crippen LogP contribution in [0.1, 0.15) is 32.1 Å². The number of anilines is 2. The van der Waals surface area contributed by atoms with Crippen LogP contribution >= 0.6 is 0 Å². The number of rotatable bonds is 9. The van der Waals surface area contributed by atoms with Crippen LogP contribution in [-0.2, 0) is 16.5 Å². The standard InChI is InChI=1S/C23H35F2N7O2/c1-30-15-27-22-20(30)21(26-11-17-3-2-7-32(17)12-19(24)25)28-23(29-22)31-8-4-18(5-9-31)34-14-16-6-10-33-13-16/h15-19H,2-14H2,1H3,(H,26,28,29). The highest BCUT2D eigenvalue weighted by Gasteiger charge is 2.28. The zero-order valence-electron chi connectivity index (χ0n) is 19.8. The van der Waals surface area contributed by atoms with Crippen molar-refractivity contribution in [1.82, 2.24) is 24.4 Å². The number of imidazole rings is 1. The third-order valence-electron chi connectivity index (χ3n) is 7.25. The number of nitrogens with one attached hydrogen (secondary N) is 1. The highest BCUT2D eigenvalue weighted by atomic mass is 19.3. The van der Waals surface area contributed by atoms with Crippen LogP contribution in [0.2, 0.25) is 0 Å². The van der Waals surface area contributed by atoms with Crippen LogP contribution in [0.15, 0.2) is 6.33 Å². The van der Waals surface area contributed by atoms with Gasteiger partial charge in [0.05, 0.1) is 32.2 Å². The van der Waals surface area contributed by atoms with Gasteiger partial charge in [0.25, 0.3) is 6.43 Å². The van der Waals surface area contributed by atoms with E-state index in [-0.39, 0.29) is 18.7 Å². The number of hydrogen-bond acceptors (Lipinski definition) is 8. The van der Waals surface area contributed by atoms with Gasteiger partial charge in [0.15, 0.2) is 11.5 Å². The third-order valence-corrected chi connectivity index (χ3v) is 7.25. The fraction of sp³-hybridized carbons (Fsp3) is 0.783. The summed E-state index contributed by atoms with van der Waals surface area (Å²) in [5.74, 6) is 1.90. The van der Waals surface area contributed by atoms with Gasteiger partial charge in [0.1, 0.15) is 5.52 Å². The van der Waals surface area contributed by atoms with Gasteiger partial charge in [-0.05, 0) is 38.6 Å². The predicted molar refractivity (Wildman–Crippen MR) is 126 cm³/mol. The van der Waals surface area contributed by atoms with Gasteiger partial charge in [0.2, 0.25) is 5.95 Å². The van der Waals surface area contributed by atoms with Crippen molar-refractivity contribution in [3.8, 4) is 0 Å². The number of hydrogen-bond donors (Lipinski definition) is 1. The maximum absolute atomic E-state index is 12.9. The van der Waals surface area contributed by atoms with Crippen molar-refractivity contribution in [2.45, 2.75) is 50.7 Å². The molecule has 1 N–H and O–H groups in total. The lowest BCUT2D eigenvalue weighted by Gasteiger charge is -2.32. The molecule has 0 bridgehead atoms. The van der Waals surface area contributed by atoms with Crippen LogP contribution in [0.5, 0.6) is 0 Å². The first-order valence-electron chi connectivity index (χ1n) is 12.5. The van der Waals surface area contributed by atoms with Crippen LogP contribution in [0.3, 0.4) is 0 Å². The fourth-order valence-corrected chi connectivity index (χ4v) is 5.28. The first-order chi connectivity index (χ1) is 16.6. The second kappa shape index (κ2) is 10.7. The summed E-state index contributed by atoms with van der Waals surface area (Å²) in [5.41, 5.74) is 1.48. The zero-order chi connectivity index (χ0) is 23.5. The molecule has 2 aromatic rings. The van der Waals surface area contributed by atoms with Gasteiger partial charge in [-0.25, -0.2) is 13.8 Å². The summed E-state index contributed by atoms with van der Waals surface area (Å²) in [4.78, 5) is 18.1. The molecular formula is C23H35F2N7O2. The average Bonchev–Trinajstić information content (AvgIpc) is 3.58. The molecule has 0 radical (unpaired) electrons. The lowest BCUT2D eigenvalue weighted by Crippen LogP contribution is -2.39. The minimum absolute atomic E-state index is 0.0776. The smallest absolute Gasteiger partial charge is 0.251 e. The molecule has 34 heavy (non-hydrogen) atoms. The molecule has 0 saturated carbocycles. The Hall–Kier alpha value is -2.11. The minimum Gasteiger partial charge on any atom is -0.381 e. The summed E-state index contributed by atoms with van der Waals surface area (Å²) in [6.45, 7) is 5.21. The second-order valence-corrected chi connectivity index (χ2v) is 9.71. The monoisotopic (exact) mass is 479 g/mol. The van der Waals surface area contributed by atoms with Crippen LogP contribution in [0.25, 0.3) is 11.2 Å². The van der Waals surface area contributed by atoms with Crippen LogP contribution < -0.4 is 10.2 Å². The van der Waals surface area contributed by atoms with E-state index in [0.717, 1.165) is 77.1 Å². The predicted octanol–water partition coefficient (Wildman–Crippen LogP) is 2.53. The fourth-order valence-electron chi connectivity index (χ4n) is 5.28. The molecule has 0 spiro atoms. The summed E-state index contributed by atoms with van der Waals surface area (Å²) in [7, 11) is 1.92. The van der Waals surface area contributed by atoms with Crippen LogP contribution in [-0.4, -0.2) is 95.5 Å². The van der Waals surface area contributed by atoms with Gasteiger partial charge < -0.3 is 24.3 Å². The molecule has 3 aliphatic heterocycles. The Kier molecular flexibility index (Phi) is 7.40. The molecule has 11 heteroatoms. The zero-order valence-corrected chi connectivity index (χ0v) is 19.8. The maximum atomic E-state index is 12.9. The molecule has 5 rings (SSSR count). The van der Waals surface area contributed by atoms with E-state index in [1.807, 2.05) is 16.5 Å². The number of nitrogens with zero attached hydrogens (tertiary/aromatic N) is 6. The van der Waals surface area contributed by atoms with Crippen molar-refractivity contribution in [2.75, 3.05) is 62.8 Å². The summed E-state index contributed by atoms with van der Waals surface area (Å²) < 4.78 is 39.4. The molecule has 2 atom stereocenters. The quantitative estimate of drug-likeness (QED) is 0.588. The van der Waals surface area contributed by atoms with Gasteiger partial charge >= 0.3 is 0 Å². The Morgan fingerprint density at radius 3 is 2.79 bits per heavy atom. The number of alkyl halides is 2. The Morgan fingerprint density at radius 2 is 2.03 bits per heavy atom. The Bertz CT molecular complexity index is 945. The highest BCUT2D eigenvalue weighted by Crippen LogP contribution is 2.27. The van der Waals surface area contributed by atoms with E-state index in [1.54, 1.807) is 6.33 Å². The number of ether oxygens (including phenoxy) is 2. The number of aromatic nitrogens is 4. The second-order valence-electron chi connectivity index (χ2n) is 9.71. The van der Waals surface area contributed by atoms with E-state index in [4.69, 9.17) is 19.4 Å². The summed E-state index contributed by atoms with van der Waals surface area (Å²) in [6, 6.07) is 0.0776. The molecule has 9 nitrogen and oxygen atoms in total. The first kappa shape index (κ1) is 23.6. The molecule has 3 aliphatic rings. The third kappa shape index (κ3) is 5.41. The van der Waals surface area contributed by atoms with Crippen molar-refractivity contribution >= 4 is 22.9 Å². The summed E-state index contributed by atoms with van der Waals surface area (Å²) >= 11 is 0. The topological polar surface area (TPSA) is 80.6 Å². The molecule has 3 saturated heterocycles. The van der Waals surface area contributed by atoms with Gasteiger partial charge in [-0.3, -0.25) is 4.90 Å². The van der Waals surface area contributed by atoms with E-state index in [0.29, 0.717) is 29.9 Å². The van der Waals surface area contributed by atoms with Gasteiger partial charge in [-0.1, -0.05) is 0 Å². The van der Waals surface area contributed by atoms with Crippen molar-refractivity contribution in [2.24, 2.45) is 13.0 Å². The van der Waals surface area contributed by atoms with Crippen molar-refractivity contribution in [3.63, 3.8) is 0 Å². The number of halogens is 2. The maximum Gasteiger partial charge on any atom is 0.251 e. The molecule has 2 unspecified atom stereocenters. The van der Waals surface area contributed by atoms with E-state index in [9.17, 15) is 8.78 Å². The lowest BCUT2D eigenvalue weighted by atomic mass is 10.1. The molecular weight excluding hydrogens is 444 g/mol. The van der Waals surface area contributed by atoms with Crippen molar-refractivity contribution in [3.05, 3.63) is 6.33 Å². The van der Waals surface area contributed by atoms with Gasteiger partial charge in [-0.15, -0.1) is 0 Å². The molecule has 0 amide bonds. The molecule has 2 aromatic heterocycles. The Morgan fingerprint density at radius 1 is 1.18 bits per heavy atom. The summed E-state index contributed by atoms with van der Waals surface area (Å²) in [6.07, 6.45) is 4.50. The van der Waals surface area contributed by atoms with E-state index < -0.39 is 6.43 Å². The average molecular weight is 480 g/mol. The van der Waals surface area contributed by atoms with Crippen molar-refractivity contribution < 1.29 is 18.3 Å². The molecule has 3 fully saturated rings. The van der Waals surface area contributed by atoms with Gasteiger partial charge in [0, 0.05) is 45.2 Å². The number of likely N-dealkylation sites (tertiary alicyclic amines) is 1. The summed E-state index contributed by atoms with van der Waals surface area (Å²) in [5, 5.41) is 3.44. The lowest BCUT2D eigenvalue weighted by molar-refractivity contribution is 0.0130. The first-order valence-corrected chi connectivity index (χ1v) is 12.5. The van der Waals surface area contributed by atoms with E-state index >= 15 is 0 Å². The number of fused-ring (bicyclic) bond motifs is 1. The largest absolute Gasteiger partial charge is 0.381 e. The number of aryl methyl sites for hydroxylation is 1. The van der Waals surface area contributed by atoms with E-state index in [1.165, 1.54) is 0 Å². The van der Waals surface area contributed by atoms with Gasteiger partial charge in [-0.2, -0.15) is 9.97 Å². The molecule has 0 aliphatic carbocycles. The van der Waals surface area contributed by atoms with E-state index in [2.05, 4.69) is 15.2 Å². The molecule has 0 aromatic carbocycles. The Labute approximate surface area is 198 Å². The SMILES string of the molecule is Cn1cnc2nc(N3CCC(OCC4CCOC4)CC3)nc(NCC3CCCN3CC(F)F)c21. The normalized spacial score (nSPS) is 24.6. The number of piperidine rings is 1. The highest BCUT2D eigenvalue weighted by molar-refractivity contribution is 5.84. The Balaban J connectivity index is 1.23. The van der Waals surface area contributed by atoms with Crippen molar-refractivity contribution in [1.29, 1.82) is 0 Å².